The van der Waals surface area contributed by atoms with Crippen molar-refractivity contribution in [3.63, 3.8) is 0 Å². The van der Waals surface area contributed by atoms with E-state index in [0.29, 0.717) is 5.92 Å². The number of benzene rings is 1. The first kappa shape index (κ1) is 12.3. The van der Waals surface area contributed by atoms with Crippen LogP contribution in [0.15, 0.2) is 42.6 Å². The van der Waals surface area contributed by atoms with E-state index in [-0.39, 0.29) is 0 Å². The van der Waals surface area contributed by atoms with Gasteiger partial charge in [0.1, 0.15) is 0 Å². The second kappa shape index (κ2) is 6.67. The van der Waals surface area contributed by atoms with E-state index in [1.807, 2.05) is 18.2 Å². The number of carboxylic acid groups (broad SMARTS) is 1. The molecule has 0 saturated heterocycles. The molecule has 0 bridgehead atoms. The summed E-state index contributed by atoms with van der Waals surface area (Å²) in [7, 11) is 0. The standard InChI is InChI=1S/C13H17NO2/c1-11(12-5-3-2-4-6-12)7-9-14-10-8-13(15)16/h2-6,8,10-11,14H,7,9H2,1H3,(H,15,16)/b10-8+. The molecule has 0 aliphatic carbocycles. The number of hydrogen-bond donors (Lipinski definition) is 2. The number of rotatable bonds is 6. The zero-order valence-corrected chi connectivity index (χ0v) is 9.39. The molecule has 86 valence electrons. The second-order valence-corrected chi connectivity index (χ2v) is 3.73. The molecule has 0 fully saturated rings. The molecule has 1 atom stereocenters. The largest absolute Gasteiger partial charge is 0.478 e. The molecule has 0 aromatic heterocycles. The highest BCUT2D eigenvalue weighted by Crippen LogP contribution is 2.17. The summed E-state index contributed by atoms with van der Waals surface area (Å²) in [6.07, 6.45) is 3.56. The Labute approximate surface area is 95.8 Å². The minimum atomic E-state index is -0.927. The van der Waals surface area contributed by atoms with Crippen LogP contribution in [0.25, 0.3) is 0 Å². The Kier molecular flexibility index (Phi) is 5.12. The smallest absolute Gasteiger partial charge is 0.329 e. The van der Waals surface area contributed by atoms with Gasteiger partial charge in [0.05, 0.1) is 0 Å². The monoisotopic (exact) mass is 219 g/mol. The van der Waals surface area contributed by atoms with Crippen molar-refractivity contribution in [2.45, 2.75) is 19.3 Å². The first-order valence-corrected chi connectivity index (χ1v) is 5.38. The van der Waals surface area contributed by atoms with Crippen molar-refractivity contribution in [3.05, 3.63) is 48.2 Å². The molecule has 0 aliphatic rings. The predicted octanol–water partition coefficient (Wildman–Crippen LogP) is 2.37. The van der Waals surface area contributed by atoms with E-state index in [0.717, 1.165) is 19.0 Å². The lowest BCUT2D eigenvalue weighted by molar-refractivity contribution is -0.131. The van der Waals surface area contributed by atoms with Crippen molar-refractivity contribution in [2.24, 2.45) is 0 Å². The highest BCUT2D eigenvalue weighted by Gasteiger charge is 2.02. The number of carboxylic acids is 1. The van der Waals surface area contributed by atoms with Crippen LogP contribution in [0.1, 0.15) is 24.8 Å². The van der Waals surface area contributed by atoms with E-state index in [9.17, 15) is 4.79 Å². The Balaban J connectivity index is 2.26. The van der Waals surface area contributed by atoms with Crippen LogP contribution < -0.4 is 5.32 Å². The zero-order valence-electron chi connectivity index (χ0n) is 9.39. The van der Waals surface area contributed by atoms with Gasteiger partial charge in [-0.25, -0.2) is 4.79 Å². The summed E-state index contributed by atoms with van der Waals surface area (Å²) in [6, 6.07) is 10.3. The SMILES string of the molecule is CC(CCN/C=C/C(=O)O)c1ccccc1. The van der Waals surface area contributed by atoms with Crippen LogP contribution in [0.3, 0.4) is 0 Å². The third kappa shape index (κ3) is 4.64. The summed E-state index contributed by atoms with van der Waals surface area (Å²) in [5.41, 5.74) is 1.31. The Morgan fingerprint density at radius 3 is 2.75 bits per heavy atom. The van der Waals surface area contributed by atoms with Gasteiger partial charge >= 0.3 is 5.97 Å². The third-order valence-corrected chi connectivity index (χ3v) is 2.43. The van der Waals surface area contributed by atoms with Gasteiger partial charge in [0.15, 0.2) is 0 Å². The molecule has 0 radical (unpaired) electrons. The molecule has 0 saturated carbocycles. The lowest BCUT2D eigenvalue weighted by Gasteiger charge is -2.11. The van der Waals surface area contributed by atoms with Crippen LogP contribution in [-0.4, -0.2) is 17.6 Å². The van der Waals surface area contributed by atoms with Gasteiger partial charge in [0, 0.05) is 18.8 Å². The highest BCUT2D eigenvalue weighted by atomic mass is 16.4. The molecule has 0 amide bonds. The molecule has 1 aromatic carbocycles. The summed E-state index contributed by atoms with van der Waals surface area (Å²) in [5, 5.41) is 11.3. The van der Waals surface area contributed by atoms with Gasteiger partial charge in [-0.2, -0.15) is 0 Å². The maximum Gasteiger partial charge on any atom is 0.329 e. The Morgan fingerprint density at radius 1 is 1.44 bits per heavy atom. The minimum absolute atomic E-state index is 0.479. The van der Waals surface area contributed by atoms with Gasteiger partial charge in [-0.1, -0.05) is 37.3 Å². The molecule has 0 aliphatic heterocycles. The summed E-state index contributed by atoms with van der Waals surface area (Å²) in [4.78, 5) is 10.2. The first-order valence-electron chi connectivity index (χ1n) is 5.38. The summed E-state index contributed by atoms with van der Waals surface area (Å²) < 4.78 is 0. The van der Waals surface area contributed by atoms with Gasteiger partial charge < -0.3 is 10.4 Å². The molecular formula is C13H17NO2. The van der Waals surface area contributed by atoms with Crippen molar-refractivity contribution < 1.29 is 9.90 Å². The van der Waals surface area contributed by atoms with Gasteiger partial charge in [-0.3, -0.25) is 0 Å². The number of hydrogen-bond acceptors (Lipinski definition) is 2. The van der Waals surface area contributed by atoms with Crippen LogP contribution >= 0.6 is 0 Å². The van der Waals surface area contributed by atoms with E-state index in [4.69, 9.17) is 5.11 Å². The quantitative estimate of drug-likeness (QED) is 0.570. The first-order chi connectivity index (χ1) is 7.70. The van der Waals surface area contributed by atoms with Gasteiger partial charge in [0.2, 0.25) is 0 Å². The van der Waals surface area contributed by atoms with E-state index in [1.54, 1.807) is 0 Å². The van der Waals surface area contributed by atoms with Crippen molar-refractivity contribution in [1.29, 1.82) is 0 Å². The van der Waals surface area contributed by atoms with Crippen LogP contribution in [0, 0.1) is 0 Å². The average Bonchev–Trinajstić information content (AvgIpc) is 2.29. The normalized spacial score (nSPS) is 12.6. The molecule has 1 rings (SSSR count). The molecule has 2 N–H and O–H groups in total. The van der Waals surface area contributed by atoms with Crippen molar-refractivity contribution in [3.8, 4) is 0 Å². The van der Waals surface area contributed by atoms with Crippen molar-refractivity contribution in [2.75, 3.05) is 6.54 Å². The van der Waals surface area contributed by atoms with Crippen LogP contribution in [0.5, 0.6) is 0 Å². The molecular weight excluding hydrogens is 202 g/mol. The van der Waals surface area contributed by atoms with E-state index in [2.05, 4.69) is 24.4 Å². The number of aliphatic carboxylic acids is 1. The molecule has 0 heterocycles. The van der Waals surface area contributed by atoms with Crippen LogP contribution in [0.4, 0.5) is 0 Å². The van der Waals surface area contributed by atoms with Crippen LogP contribution in [-0.2, 0) is 4.79 Å². The number of carbonyl (C=O) groups is 1. The number of nitrogens with one attached hydrogen (secondary N) is 1. The van der Waals surface area contributed by atoms with Crippen molar-refractivity contribution >= 4 is 5.97 Å². The van der Waals surface area contributed by atoms with E-state index >= 15 is 0 Å². The highest BCUT2D eigenvalue weighted by molar-refractivity contribution is 5.79. The minimum Gasteiger partial charge on any atom is -0.478 e. The predicted molar refractivity (Wildman–Crippen MR) is 64.3 cm³/mol. The Hall–Kier alpha value is -1.77. The molecule has 16 heavy (non-hydrogen) atoms. The van der Waals surface area contributed by atoms with E-state index < -0.39 is 5.97 Å². The fourth-order valence-electron chi connectivity index (χ4n) is 1.46. The molecule has 3 heteroatoms. The maximum atomic E-state index is 10.2. The summed E-state index contributed by atoms with van der Waals surface area (Å²) in [6.45, 7) is 2.94. The fraction of sp³-hybridized carbons (Fsp3) is 0.308. The average molecular weight is 219 g/mol. The lowest BCUT2D eigenvalue weighted by atomic mass is 9.98. The molecule has 3 nitrogen and oxygen atoms in total. The van der Waals surface area contributed by atoms with Gasteiger partial charge in [0.25, 0.3) is 0 Å². The second-order valence-electron chi connectivity index (χ2n) is 3.73. The fourth-order valence-corrected chi connectivity index (χ4v) is 1.46. The topological polar surface area (TPSA) is 49.3 Å². The molecule has 1 unspecified atom stereocenters. The van der Waals surface area contributed by atoms with Gasteiger partial charge in [-0.15, -0.1) is 0 Å². The maximum absolute atomic E-state index is 10.2. The Morgan fingerprint density at radius 2 is 2.12 bits per heavy atom. The lowest BCUT2D eigenvalue weighted by Crippen LogP contribution is -2.10. The molecule has 0 spiro atoms. The molecule has 1 aromatic rings. The zero-order chi connectivity index (χ0) is 11.8. The van der Waals surface area contributed by atoms with Crippen molar-refractivity contribution in [1.82, 2.24) is 5.32 Å². The third-order valence-electron chi connectivity index (χ3n) is 2.43. The van der Waals surface area contributed by atoms with Gasteiger partial charge in [-0.05, 0) is 17.9 Å². The summed E-state index contributed by atoms with van der Waals surface area (Å²) >= 11 is 0. The Bertz CT molecular complexity index is 346. The van der Waals surface area contributed by atoms with E-state index in [1.165, 1.54) is 11.8 Å². The van der Waals surface area contributed by atoms with Crippen LogP contribution in [0.2, 0.25) is 0 Å². The summed E-state index contributed by atoms with van der Waals surface area (Å²) in [5.74, 6) is -0.449.